The van der Waals surface area contributed by atoms with Crippen molar-refractivity contribution in [2.24, 2.45) is 5.18 Å². The molecule has 2 rings (SSSR count). The summed E-state index contributed by atoms with van der Waals surface area (Å²) in [6, 6.07) is 6.67. The van der Waals surface area contributed by atoms with Crippen LogP contribution in [0.15, 0.2) is 43.5 Å². The molecular formula is C11H8BrN3O4. The highest BCUT2D eigenvalue weighted by atomic mass is 79.9. The van der Waals surface area contributed by atoms with Gasteiger partial charge in [0.15, 0.2) is 0 Å². The van der Waals surface area contributed by atoms with Crippen molar-refractivity contribution in [3.63, 3.8) is 0 Å². The van der Waals surface area contributed by atoms with Gasteiger partial charge in [-0.15, -0.1) is 4.91 Å². The largest absolute Gasteiger partial charge is 0.480 e. The molecule has 0 amide bonds. The Labute approximate surface area is 115 Å². The van der Waals surface area contributed by atoms with Gasteiger partial charge in [-0.3, -0.25) is 9.78 Å². The summed E-state index contributed by atoms with van der Waals surface area (Å²) < 4.78 is 6.83. The number of benzene rings is 1. The summed E-state index contributed by atoms with van der Waals surface area (Å²) >= 11 is 3.27. The van der Waals surface area contributed by atoms with E-state index in [0.29, 0.717) is 5.69 Å². The van der Waals surface area contributed by atoms with Crippen LogP contribution in [0.2, 0.25) is 0 Å². The predicted molar refractivity (Wildman–Crippen MR) is 72.4 cm³/mol. The van der Waals surface area contributed by atoms with E-state index in [1.807, 2.05) is 4.98 Å². The zero-order valence-corrected chi connectivity index (χ0v) is 11.3. The van der Waals surface area contributed by atoms with Gasteiger partial charge in [0.25, 0.3) is 5.56 Å². The highest BCUT2D eigenvalue weighted by Crippen LogP contribution is 2.24. The van der Waals surface area contributed by atoms with Crippen LogP contribution in [0.1, 0.15) is 0 Å². The Morgan fingerprint density at radius 1 is 1.26 bits per heavy atom. The van der Waals surface area contributed by atoms with E-state index in [9.17, 15) is 14.5 Å². The van der Waals surface area contributed by atoms with Crippen LogP contribution in [0.3, 0.4) is 0 Å². The van der Waals surface area contributed by atoms with Gasteiger partial charge in [-0.25, -0.2) is 9.36 Å². The molecule has 0 saturated heterocycles. The van der Waals surface area contributed by atoms with Gasteiger partial charge in [-0.2, -0.15) is 0 Å². The Morgan fingerprint density at radius 3 is 2.42 bits per heavy atom. The molecule has 1 aromatic carbocycles. The maximum Gasteiger partial charge on any atom is 0.335 e. The maximum atomic E-state index is 11.8. The van der Waals surface area contributed by atoms with Crippen molar-refractivity contribution in [2.45, 2.75) is 0 Å². The van der Waals surface area contributed by atoms with Crippen molar-refractivity contribution in [1.29, 1.82) is 0 Å². The molecule has 0 unspecified atom stereocenters. The van der Waals surface area contributed by atoms with Crippen LogP contribution < -0.4 is 16.0 Å². The minimum atomic E-state index is -0.884. The van der Waals surface area contributed by atoms with Gasteiger partial charge < -0.3 is 4.74 Å². The number of aromatic nitrogens is 2. The molecule has 0 spiro atoms. The van der Waals surface area contributed by atoms with E-state index < -0.39 is 16.9 Å². The zero-order chi connectivity index (χ0) is 14.0. The lowest BCUT2D eigenvalue weighted by Gasteiger charge is -2.11. The molecule has 2 aromatic rings. The number of aromatic amines is 1. The van der Waals surface area contributed by atoms with Gasteiger partial charge in [0.2, 0.25) is 11.6 Å². The van der Waals surface area contributed by atoms with E-state index in [4.69, 9.17) is 4.74 Å². The zero-order valence-electron chi connectivity index (χ0n) is 9.71. The second-order valence-corrected chi connectivity index (χ2v) is 4.44. The number of nitrogens with one attached hydrogen (secondary N) is 1. The third-order valence-corrected chi connectivity index (χ3v) is 2.94. The van der Waals surface area contributed by atoms with Gasteiger partial charge in [0.05, 0.1) is 12.8 Å². The van der Waals surface area contributed by atoms with Crippen molar-refractivity contribution in [1.82, 2.24) is 9.55 Å². The minimum absolute atomic E-state index is 0.203. The number of hydrogen-bond acceptors (Lipinski definition) is 5. The molecule has 0 bridgehead atoms. The second kappa shape index (κ2) is 5.19. The standard InChI is InChI=1S/C11H8BrN3O4/c1-19-10-8(14-18)9(16)13-11(17)15(10)7-4-2-6(12)3-5-7/h2-5H,1H3,(H,13,16,17). The SMILES string of the molecule is COc1c(N=O)c(=O)[nH]c(=O)n1-c1ccc(Br)cc1. The van der Waals surface area contributed by atoms with Crippen LogP contribution in [0, 0.1) is 4.91 Å². The summed E-state index contributed by atoms with van der Waals surface area (Å²) in [6.45, 7) is 0. The molecule has 0 aliphatic rings. The highest BCUT2D eigenvalue weighted by Gasteiger charge is 2.17. The lowest BCUT2D eigenvalue weighted by Crippen LogP contribution is -2.29. The Bertz CT molecular complexity index is 733. The van der Waals surface area contributed by atoms with E-state index in [1.165, 1.54) is 7.11 Å². The minimum Gasteiger partial charge on any atom is -0.480 e. The molecular weight excluding hydrogens is 318 g/mol. The predicted octanol–water partition coefficient (Wildman–Crippen LogP) is 1.69. The summed E-state index contributed by atoms with van der Waals surface area (Å²) in [5.41, 5.74) is -1.64. The van der Waals surface area contributed by atoms with Crippen molar-refractivity contribution >= 4 is 21.6 Å². The van der Waals surface area contributed by atoms with Crippen molar-refractivity contribution in [2.75, 3.05) is 7.11 Å². The number of H-pyrrole nitrogens is 1. The average Bonchev–Trinajstić information content (AvgIpc) is 2.39. The van der Waals surface area contributed by atoms with E-state index in [1.54, 1.807) is 24.3 Å². The maximum absolute atomic E-state index is 11.8. The summed E-state index contributed by atoms with van der Waals surface area (Å²) in [7, 11) is 1.25. The number of rotatable bonds is 3. The number of methoxy groups -OCH3 is 1. The van der Waals surface area contributed by atoms with Crippen molar-refractivity contribution in [3.8, 4) is 11.6 Å². The van der Waals surface area contributed by atoms with Crippen LogP contribution in [-0.4, -0.2) is 16.7 Å². The quantitative estimate of drug-likeness (QED) is 0.869. The molecule has 7 nitrogen and oxygen atoms in total. The first-order valence-electron chi connectivity index (χ1n) is 5.11. The summed E-state index contributed by atoms with van der Waals surface area (Å²) in [4.78, 5) is 36.0. The number of nitroso groups, excluding NO2 is 1. The number of nitrogens with zero attached hydrogens (tertiary/aromatic N) is 2. The third kappa shape index (κ3) is 2.34. The molecule has 0 fully saturated rings. The van der Waals surface area contributed by atoms with E-state index in [-0.39, 0.29) is 5.88 Å². The van der Waals surface area contributed by atoms with Crippen LogP contribution >= 0.6 is 15.9 Å². The number of halogens is 1. The Morgan fingerprint density at radius 2 is 1.89 bits per heavy atom. The molecule has 0 aliphatic carbocycles. The summed E-state index contributed by atoms with van der Waals surface area (Å²) in [5.74, 6) is -0.203. The molecule has 19 heavy (non-hydrogen) atoms. The third-order valence-electron chi connectivity index (χ3n) is 2.41. The highest BCUT2D eigenvalue weighted by molar-refractivity contribution is 9.10. The molecule has 8 heteroatoms. The van der Waals surface area contributed by atoms with E-state index in [0.717, 1.165) is 9.04 Å². The van der Waals surface area contributed by atoms with Crippen LogP contribution in [0.25, 0.3) is 5.69 Å². The number of ether oxygens (including phenoxy) is 1. The number of hydrogen-bond donors (Lipinski definition) is 1. The topological polar surface area (TPSA) is 93.5 Å². The molecule has 0 atom stereocenters. The lowest BCUT2D eigenvalue weighted by molar-refractivity contribution is 0.383. The Hall–Kier alpha value is -2.22. The summed E-state index contributed by atoms with van der Waals surface area (Å²) in [6.07, 6.45) is 0. The fourth-order valence-electron chi connectivity index (χ4n) is 1.60. The van der Waals surface area contributed by atoms with Crippen molar-refractivity contribution < 1.29 is 4.74 Å². The molecule has 0 radical (unpaired) electrons. The fourth-order valence-corrected chi connectivity index (χ4v) is 1.86. The Balaban J connectivity index is 2.83. The van der Waals surface area contributed by atoms with Gasteiger partial charge in [-0.05, 0) is 29.4 Å². The lowest BCUT2D eigenvalue weighted by atomic mass is 10.3. The summed E-state index contributed by atoms with van der Waals surface area (Å²) in [5, 5.41) is 2.60. The first-order valence-corrected chi connectivity index (χ1v) is 5.90. The average molecular weight is 326 g/mol. The molecule has 1 N–H and O–H groups in total. The Kier molecular flexibility index (Phi) is 3.61. The molecule has 1 aromatic heterocycles. The van der Waals surface area contributed by atoms with E-state index in [2.05, 4.69) is 21.1 Å². The van der Waals surface area contributed by atoms with Gasteiger partial charge >= 0.3 is 5.69 Å². The normalized spacial score (nSPS) is 10.2. The second-order valence-electron chi connectivity index (χ2n) is 3.52. The van der Waals surface area contributed by atoms with Crippen LogP contribution in [0.4, 0.5) is 5.69 Å². The first-order chi connectivity index (χ1) is 9.08. The molecule has 98 valence electrons. The van der Waals surface area contributed by atoms with Gasteiger partial charge in [0.1, 0.15) is 0 Å². The first kappa shape index (κ1) is 13.2. The monoisotopic (exact) mass is 325 g/mol. The van der Waals surface area contributed by atoms with Gasteiger partial charge in [0, 0.05) is 4.47 Å². The van der Waals surface area contributed by atoms with Gasteiger partial charge in [-0.1, -0.05) is 15.9 Å². The molecule has 1 heterocycles. The molecule has 0 aliphatic heterocycles. The van der Waals surface area contributed by atoms with Crippen LogP contribution in [-0.2, 0) is 0 Å². The molecule has 0 saturated carbocycles. The van der Waals surface area contributed by atoms with Crippen molar-refractivity contribution in [3.05, 3.63) is 54.5 Å². The van der Waals surface area contributed by atoms with E-state index >= 15 is 0 Å². The fraction of sp³-hybridized carbons (Fsp3) is 0.0909. The smallest absolute Gasteiger partial charge is 0.335 e. The van der Waals surface area contributed by atoms with Crippen LogP contribution in [0.5, 0.6) is 5.88 Å².